The number of aromatic nitrogens is 4. The van der Waals surface area contributed by atoms with Gasteiger partial charge in [-0.2, -0.15) is 33.2 Å². The molecule has 2 aromatic heterocycles. The van der Waals surface area contributed by atoms with Gasteiger partial charge in [0.15, 0.2) is 6.61 Å². The first-order valence-corrected chi connectivity index (χ1v) is 11.0. The molecule has 4 rings (SSSR count). The van der Waals surface area contributed by atoms with Gasteiger partial charge in [0.2, 0.25) is 5.95 Å². The fourth-order valence-electron chi connectivity index (χ4n) is 3.63. The summed E-state index contributed by atoms with van der Waals surface area (Å²) in [7, 11) is 0. The molecule has 11 nitrogen and oxygen atoms in total. The number of anilines is 2. The van der Waals surface area contributed by atoms with Gasteiger partial charge in [-0.3, -0.25) is 15.1 Å². The molecule has 1 aliphatic heterocycles. The molecule has 3 heterocycles. The Bertz CT molecular complexity index is 1210. The predicted molar refractivity (Wildman–Crippen MR) is 124 cm³/mol. The Hall–Kier alpha value is -4.36. The largest absolute Gasteiger partial charge is 0.454 e. The monoisotopic (exact) mass is 502 g/mol. The Labute approximate surface area is 203 Å². The number of nitro benzene ring substituents is 1. The maximum Gasteiger partial charge on any atom is 0.422 e. The highest BCUT2D eigenvalue weighted by Gasteiger charge is 2.31. The third kappa shape index (κ3) is 6.61. The van der Waals surface area contributed by atoms with E-state index in [2.05, 4.69) is 30.5 Å². The topological polar surface area (TPSA) is 132 Å². The van der Waals surface area contributed by atoms with Crippen molar-refractivity contribution in [3.8, 4) is 6.01 Å². The van der Waals surface area contributed by atoms with Gasteiger partial charge in [0.05, 0.1) is 22.9 Å². The van der Waals surface area contributed by atoms with E-state index in [1.54, 1.807) is 12.3 Å². The summed E-state index contributed by atoms with van der Waals surface area (Å²) in [5, 5.41) is 14.8. The fourth-order valence-corrected chi connectivity index (χ4v) is 3.63. The zero-order valence-corrected chi connectivity index (χ0v) is 18.8. The molecule has 0 spiro atoms. The Kier molecular flexibility index (Phi) is 7.51. The fraction of sp³-hybridized carbons (Fsp3) is 0.318. The first-order valence-electron chi connectivity index (χ1n) is 11.0. The molecule has 0 aliphatic carbocycles. The molecule has 1 atom stereocenters. The summed E-state index contributed by atoms with van der Waals surface area (Å²) in [4.78, 5) is 28.9. The maximum absolute atomic E-state index is 12.8. The SMILES string of the molecule is O=[N+]([O-])c1ccc(/C=N/Nc2nc(OCC(F)(F)F)nc(N3CCCCC3c3ccccn3)n2)cc1. The highest BCUT2D eigenvalue weighted by Crippen LogP contribution is 2.33. The van der Waals surface area contributed by atoms with Gasteiger partial charge in [-0.25, -0.2) is 5.43 Å². The lowest BCUT2D eigenvalue weighted by atomic mass is 9.99. The van der Waals surface area contributed by atoms with E-state index in [-0.39, 0.29) is 23.6 Å². The van der Waals surface area contributed by atoms with Crippen LogP contribution < -0.4 is 15.1 Å². The number of pyridine rings is 1. The van der Waals surface area contributed by atoms with Gasteiger partial charge in [0, 0.05) is 24.9 Å². The van der Waals surface area contributed by atoms with Gasteiger partial charge in [0.25, 0.3) is 11.6 Å². The van der Waals surface area contributed by atoms with Crippen molar-refractivity contribution in [3.63, 3.8) is 0 Å². The van der Waals surface area contributed by atoms with Gasteiger partial charge in [-0.15, -0.1) is 0 Å². The van der Waals surface area contributed by atoms with E-state index in [0.29, 0.717) is 12.1 Å². The predicted octanol–water partition coefficient (Wildman–Crippen LogP) is 4.29. The summed E-state index contributed by atoms with van der Waals surface area (Å²) in [6.45, 7) is -0.999. The molecule has 1 saturated heterocycles. The van der Waals surface area contributed by atoms with Crippen molar-refractivity contribution in [2.75, 3.05) is 23.5 Å². The molecule has 0 bridgehead atoms. The Morgan fingerprint density at radius 2 is 1.97 bits per heavy atom. The lowest BCUT2D eigenvalue weighted by molar-refractivity contribution is -0.384. The average Bonchev–Trinajstić information content (AvgIpc) is 2.88. The van der Waals surface area contributed by atoms with Crippen LogP contribution >= 0.6 is 0 Å². The first kappa shape index (κ1) is 24.8. The lowest BCUT2D eigenvalue weighted by Crippen LogP contribution is -2.35. The third-order valence-corrected chi connectivity index (χ3v) is 5.24. The summed E-state index contributed by atoms with van der Waals surface area (Å²) < 4.78 is 43.1. The molecule has 0 saturated carbocycles. The van der Waals surface area contributed by atoms with Crippen LogP contribution in [0.3, 0.4) is 0 Å². The molecule has 1 aromatic carbocycles. The molecule has 14 heteroatoms. The average molecular weight is 502 g/mol. The van der Waals surface area contributed by atoms with Crippen LogP contribution in [0, 0.1) is 10.1 Å². The van der Waals surface area contributed by atoms with Crippen molar-refractivity contribution < 1.29 is 22.8 Å². The van der Waals surface area contributed by atoms with Crippen molar-refractivity contribution in [3.05, 3.63) is 70.0 Å². The van der Waals surface area contributed by atoms with Crippen LogP contribution in [0.25, 0.3) is 0 Å². The number of hydrazone groups is 1. The van der Waals surface area contributed by atoms with Crippen molar-refractivity contribution in [1.29, 1.82) is 0 Å². The number of benzene rings is 1. The first-order chi connectivity index (χ1) is 17.3. The van der Waals surface area contributed by atoms with E-state index in [9.17, 15) is 23.3 Å². The molecule has 36 heavy (non-hydrogen) atoms. The number of piperidine rings is 1. The van der Waals surface area contributed by atoms with Crippen LogP contribution in [0.4, 0.5) is 30.8 Å². The molecule has 1 N–H and O–H groups in total. The van der Waals surface area contributed by atoms with Gasteiger partial charge >= 0.3 is 12.2 Å². The minimum Gasteiger partial charge on any atom is -0.454 e. The van der Waals surface area contributed by atoms with Crippen LogP contribution in [0.2, 0.25) is 0 Å². The number of non-ortho nitro benzene ring substituents is 1. The highest BCUT2D eigenvalue weighted by molar-refractivity contribution is 5.80. The molecule has 188 valence electrons. The summed E-state index contributed by atoms with van der Waals surface area (Å²) in [6, 6.07) is 10.5. The number of nitro groups is 1. The molecule has 3 aromatic rings. The minimum absolute atomic E-state index is 0.0716. The van der Waals surface area contributed by atoms with E-state index in [4.69, 9.17) is 4.74 Å². The second-order valence-corrected chi connectivity index (χ2v) is 7.82. The standard InChI is InChI=1S/C22H21F3N8O3/c23-22(24,25)14-36-21-29-19(31-27-13-15-7-9-16(10-8-15)33(34)35)28-20(30-21)32-12-4-2-6-18(32)17-5-1-3-11-26-17/h1,3,5,7-11,13,18H,2,4,6,12,14H2,(H,28,29,30,31)/b27-13+. The summed E-state index contributed by atoms with van der Waals surface area (Å²) in [6.07, 6.45) is 1.02. The third-order valence-electron chi connectivity index (χ3n) is 5.24. The molecule has 0 radical (unpaired) electrons. The van der Waals surface area contributed by atoms with E-state index < -0.39 is 23.7 Å². The molecular formula is C22H21F3N8O3. The normalized spacial score (nSPS) is 16.2. The summed E-state index contributed by atoms with van der Waals surface area (Å²) in [5.74, 6) is 0.00578. The van der Waals surface area contributed by atoms with Crippen molar-refractivity contribution in [2.24, 2.45) is 5.10 Å². The van der Waals surface area contributed by atoms with E-state index in [1.165, 1.54) is 30.5 Å². The van der Waals surface area contributed by atoms with Crippen molar-refractivity contribution in [2.45, 2.75) is 31.5 Å². The van der Waals surface area contributed by atoms with Crippen LogP contribution in [-0.2, 0) is 0 Å². The number of hydrogen-bond donors (Lipinski definition) is 1. The van der Waals surface area contributed by atoms with E-state index in [1.807, 2.05) is 17.0 Å². The number of rotatable bonds is 8. The highest BCUT2D eigenvalue weighted by atomic mass is 19.4. The Balaban J connectivity index is 1.59. The van der Waals surface area contributed by atoms with Gasteiger partial charge in [0.1, 0.15) is 0 Å². The second-order valence-electron chi connectivity index (χ2n) is 7.82. The number of nitrogens with one attached hydrogen (secondary N) is 1. The zero-order valence-electron chi connectivity index (χ0n) is 18.8. The molecule has 1 aliphatic rings. The van der Waals surface area contributed by atoms with Crippen LogP contribution in [0.5, 0.6) is 6.01 Å². The number of nitrogens with zero attached hydrogens (tertiary/aromatic N) is 7. The molecular weight excluding hydrogens is 481 g/mol. The van der Waals surface area contributed by atoms with Gasteiger partial charge in [-0.1, -0.05) is 6.07 Å². The quantitative estimate of drug-likeness (QED) is 0.272. The Morgan fingerprint density at radius 3 is 2.67 bits per heavy atom. The minimum atomic E-state index is -4.57. The van der Waals surface area contributed by atoms with Gasteiger partial charge < -0.3 is 9.64 Å². The number of hydrogen-bond acceptors (Lipinski definition) is 10. The van der Waals surface area contributed by atoms with Crippen LogP contribution in [0.15, 0.2) is 53.8 Å². The van der Waals surface area contributed by atoms with Crippen molar-refractivity contribution in [1.82, 2.24) is 19.9 Å². The van der Waals surface area contributed by atoms with Crippen LogP contribution in [0.1, 0.15) is 36.6 Å². The van der Waals surface area contributed by atoms with Crippen molar-refractivity contribution >= 4 is 23.8 Å². The smallest absolute Gasteiger partial charge is 0.422 e. The van der Waals surface area contributed by atoms with Gasteiger partial charge in [-0.05, 0) is 49.1 Å². The Morgan fingerprint density at radius 1 is 1.17 bits per heavy atom. The second kappa shape index (κ2) is 10.9. The number of ether oxygens (including phenoxy) is 1. The van der Waals surface area contributed by atoms with E-state index in [0.717, 1.165) is 25.0 Å². The molecule has 1 fully saturated rings. The van der Waals surface area contributed by atoms with E-state index >= 15 is 0 Å². The number of alkyl halides is 3. The summed E-state index contributed by atoms with van der Waals surface area (Å²) >= 11 is 0. The summed E-state index contributed by atoms with van der Waals surface area (Å²) in [5.41, 5.74) is 3.84. The number of halogens is 3. The molecule has 1 unspecified atom stereocenters. The maximum atomic E-state index is 12.8. The zero-order chi connectivity index (χ0) is 25.5. The lowest BCUT2D eigenvalue weighted by Gasteiger charge is -2.35. The van der Waals surface area contributed by atoms with Crippen LogP contribution in [-0.4, -0.2) is 50.4 Å². The molecule has 0 amide bonds.